The van der Waals surface area contributed by atoms with Gasteiger partial charge in [0, 0.05) is 10.6 Å². The first-order valence-corrected chi connectivity index (χ1v) is 8.55. The lowest BCUT2D eigenvalue weighted by Crippen LogP contribution is -2.37. The zero-order valence-corrected chi connectivity index (χ0v) is 13.5. The number of benzene rings is 1. The third-order valence-electron chi connectivity index (χ3n) is 4.54. The summed E-state index contributed by atoms with van der Waals surface area (Å²) in [5.74, 6) is 0.900. The van der Waals surface area contributed by atoms with Crippen molar-refractivity contribution in [3.63, 3.8) is 0 Å². The van der Waals surface area contributed by atoms with Crippen molar-refractivity contribution < 1.29 is 4.74 Å². The minimum Gasteiger partial charge on any atom is -0.481 e. The monoisotopic (exact) mass is 320 g/mol. The van der Waals surface area contributed by atoms with Gasteiger partial charge in [0.15, 0.2) is 5.13 Å². The summed E-state index contributed by atoms with van der Waals surface area (Å²) in [7, 11) is 0. The van der Waals surface area contributed by atoms with Crippen LogP contribution in [0, 0.1) is 6.92 Å². The molecule has 1 saturated carbocycles. The van der Waals surface area contributed by atoms with Crippen molar-refractivity contribution in [1.29, 1.82) is 0 Å². The number of nitrogen functional groups attached to an aromatic ring is 1. The van der Waals surface area contributed by atoms with Gasteiger partial charge >= 0.3 is 0 Å². The average Bonchev–Trinajstić information content (AvgIpc) is 2.86. The lowest BCUT2D eigenvalue weighted by Gasteiger charge is -2.40. The molecule has 1 aliphatic heterocycles. The van der Waals surface area contributed by atoms with E-state index in [4.69, 9.17) is 22.1 Å². The van der Waals surface area contributed by atoms with Crippen LogP contribution in [0.15, 0.2) is 12.1 Å². The Labute approximate surface area is 133 Å². The highest BCUT2D eigenvalue weighted by Crippen LogP contribution is 2.54. The number of rotatable bonds is 0. The fourth-order valence-electron chi connectivity index (χ4n) is 3.46. The summed E-state index contributed by atoms with van der Waals surface area (Å²) in [6, 6.07) is 3.99. The van der Waals surface area contributed by atoms with Crippen LogP contribution in [-0.4, -0.2) is 4.98 Å². The van der Waals surface area contributed by atoms with Gasteiger partial charge in [0.1, 0.15) is 11.4 Å². The van der Waals surface area contributed by atoms with Gasteiger partial charge in [0.2, 0.25) is 0 Å². The van der Waals surface area contributed by atoms with Gasteiger partial charge in [0.05, 0.1) is 10.6 Å². The molecule has 2 N–H and O–H groups in total. The molecule has 3 nitrogen and oxygen atoms in total. The average molecular weight is 321 g/mol. The Morgan fingerprint density at radius 2 is 2.05 bits per heavy atom. The molecule has 5 heteroatoms. The Bertz CT molecular complexity index is 719. The molecule has 0 unspecified atom stereocenters. The number of halogens is 1. The van der Waals surface area contributed by atoms with Gasteiger partial charge in [-0.25, -0.2) is 4.98 Å². The van der Waals surface area contributed by atoms with Crippen LogP contribution in [-0.2, 0) is 5.60 Å². The molecule has 2 aromatic rings. The predicted molar refractivity (Wildman–Crippen MR) is 87.1 cm³/mol. The topological polar surface area (TPSA) is 48.1 Å². The highest BCUT2D eigenvalue weighted by Gasteiger charge is 2.44. The standard InChI is InChI=1S/C16H17ClN2OS/c1-9-7-12-10(8-11(9)17)13-14(21-15(18)19-13)16(20-12)5-3-2-4-6-16/h7-8H,2-6H2,1H3,(H2,18,19). The molecule has 0 bridgehead atoms. The molecule has 0 saturated heterocycles. The Morgan fingerprint density at radius 3 is 2.81 bits per heavy atom. The van der Waals surface area contributed by atoms with Crippen LogP contribution in [0.3, 0.4) is 0 Å². The Morgan fingerprint density at radius 1 is 1.29 bits per heavy atom. The highest BCUT2D eigenvalue weighted by molar-refractivity contribution is 7.16. The molecule has 1 aromatic carbocycles. The molecule has 0 radical (unpaired) electrons. The van der Waals surface area contributed by atoms with Gasteiger partial charge in [0.25, 0.3) is 0 Å². The molecular formula is C16H17ClN2OS. The zero-order chi connectivity index (χ0) is 14.6. The minimum absolute atomic E-state index is 0.226. The summed E-state index contributed by atoms with van der Waals surface area (Å²) in [6.45, 7) is 2.00. The van der Waals surface area contributed by atoms with E-state index in [1.54, 1.807) is 11.3 Å². The first-order chi connectivity index (χ1) is 10.1. The smallest absolute Gasteiger partial charge is 0.180 e. The number of hydrogen-bond donors (Lipinski definition) is 1. The molecule has 0 atom stereocenters. The van der Waals surface area contributed by atoms with Gasteiger partial charge in [-0.1, -0.05) is 29.4 Å². The summed E-state index contributed by atoms with van der Waals surface area (Å²) in [5.41, 5.74) is 8.75. The quantitative estimate of drug-likeness (QED) is 0.750. The highest BCUT2D eigenvalue weighted by atomic mass is 35.5. The van der Waals surface area contributed by atoms with E-state index in [1.165, 1.54) is 24.1 Å². The molecule has 1 spiro atoms. The summed E-state index contributed by atoms with van der Waals surface area (Å²) < 4.78 is 6.49. The van der Waals surface area contributed by atoms with Crippen molar-refractivity contribution in [2.75, 3.05) is 5.73 Å². The second-order valence-corrected chi connectivity index (χ2v) is 7.42. The van der Waals surface area contributed by atoms with Crippen LogP contribution in [0.25, 0.3) is 11.3 Å². The molecule has 1 fully saturated rings. The largest absolute Gasteiger partial charge is 0.481 e. The Balaban J connectivity index is 1.95. The van der Waals surface area contributed by atoms with Gasteiger partial charge in [-0.2, -0.15) is 0 Å². The maximum absolute atomic E-state index is 6.49. The number of aromatic nitrogens is 1. The summed E-state index contributed by atoms with van der Waals surface area (Å²) in [6.07, 6.45) is 5.75. The number of aryl methyl sites for hydroxylation is 1. The van der Waals surface area contributed by atoms with E-state index in [2.05, 4.69) is 4.98 Å². The summed E-state index contributed by atoms with van der Waals surface area (Å²) in [5, 5.41) is 1.35. The lowest BCUT2D eigenvalue weighted by molar-refractivity contribution is 0.0272. The van der Waals surface area contributed by atoms with E-state index in [1.807, 2.05) is 19.1 Å². The van der Waals surface area contributed by atoms with Crippen LogP contribution in [0.5, 0.6) is 5.75 Å². The van der Waals surface area contributed by atoms with E-state index < -0.39 is 0 Å². The predicted octanol–water partition coefficient (Wildman–Crippen LogP) is 4.91. The minimum atomic E-state index is -0.226. The Hall–Kier alpha value is -1.26. The SMILES string of the molecule is Cc1cc2c(cc1Cl)-c1nc(N)sc1C1(CCCCC1)O2. The number of anilines is 1. The van der Waals surface area contributed by atoms with Crippen molar-refractivity contribution >= 4 is 28.1 Å². The molecule has 4 rings (SSSR count). The van der Waals surface area contributed by atoms with Gasteiger partial charge in [-0.05, 0) is 50.3 Å². The van der Waals surface area contributed by atoms with E-state index >= 15 is 0 Å². The third-order valence-corrected chi connectivity index (χ3v) is 6.02. The van der Waals surface area contributed by atoms with Gasteiger partial charge in [-0.3, -0.25) is 0 Å². The van der Waals surface area contributed by atoms with Crippen LogP contribution >= 0.6 is 22.9 Å². The summed E-state index contributed by atoms with van der Waals surface area (Å²) in [4.78, 5) is 5.76. The number of nitrogens with two attached hydrogens (primary N) is 1. The normalized spacial score (nSPS) is 19.0. The number of nitrogens with zero attached hydrogens (tertiary/aromatic N) is 1. The molecule has 110 valence electrons. The first-order valence-electron chi connectivity index (χ1n) is 7.35. The number of hydrogen-bond acceptors (Lipinski definition) is 4. The maximum atomic E-state index is 6.49. The van der Waals surface area contributed by atoms with Crippen LogP contribution in [0.1, 0.15) is 42.5 Å². The van der Waals surface area contributed by atoms with Crippen molar-refractivity contribution in [1.82, 2.24) is 4.98 Å². The molecule has 0 amide bonds. The molecule has 2 aliphatic rings. The fraction of sp³-hybridized carbons (Fsp3) is 0.438. The van der Waals surface area contributed by atoms with Gasteiger partial charge in [-0.15, -0.1) is 0 Å². The second kappa shape index (κ2) is 4.62. The molecular weight excluding hydrogens is 304 g/mol. The van der Waals surface area contributed by atoms with Crippen LogP contribution in [0.2, 0.25) is 5.02 Å². The lowest BCUT2D eigenvalue weighted by atomic mass is 9.80. The molecule has 1 aliphatic carbocycles. The van der Waals surface area contributed by atoms with Crippen molar-refractivity contribution in [2.45, 2.75) is 44.6 Å². The van der Waals surface area contributed by atoms with E-state index in [9.17, 15) is 0 Å². The molecule has 1 aromatic heterocycles. The van der Waals surface area contributed by atoms with E-state index in [-0.39, 0.29) is 5.60 Å². The number of thiazole rings is 1. The Kier molecular flexibility index (Phi) is 2.95. The fourth-order valence-corrected chi connectivity index (χ4v) is 4.66. The third kappa shape index (κ3) is 1.96. The second-order valence-electron chi connectivity index (χ2n) is 5.98. The van der Waals surface area contributed by atoms with Gasteiger partial charge < -0.3 is 10.5 Å². The number of ether oxygens (including phenoxy) is 1. The van der Waals surface area contributed by atoms with Crippen molar-refractivity contribution in [2.24, 2.45) is 0 Å². The van der Waals surface area contributed by atoms with Crippen molar-refractivity contribution in [3.8, 4) is 17.0 Å². The summed E-state index contributed by atoms with van der Waals surface area (Å²) >= 11 is 7.85. The van der Waals surface area contributed by atoms with E-state index in [0.29, 0.717) is 5.13 Å². The molecule has 21 heavy (non-hydrogen) atoms. The van der Waals surface area contributed by atoms with Crippen LogP contribution in [0.4, 0.5) is 5.13 Å². The van der Waals surface area contributed by atoms with E-state index in [0.717, 1.165) is 40.4 Å². The maximum Gasteiger partial charge on any atom is 0.180 e. The zero-order valence-electron chi connectivity index (χ0n) is 11.9. The first kappa shape index (κ1) is 13.4. The van der Waals surface area contributed by atoms with Crippen LogP contribution < -0.4 is 10.5 Å². The number of fused-ring (bicyclic) bond motifs is 4. The van der Waals surface area contributed by atoms with Crippen molar-refractivity contribution in [3.05, 3.63) is 27.6 Å². The molecule has 2 heterocycles.